The van der Waals surface area contributed by atoms with E-state index in [0.717, 1.165) is 29.1 Å². The Labute approximate surface area is 81.2 Å². The summed E-state index contributed by atoms with van der Waals surface area (Å²) in [5, 5.41) is 4.46. The summed E-state index contributed by atoms with van der Waals surface area (Å²) in [6.07, 6.45) is 6.18. The second-order valence-corrected chi connectivity index (χ2v) is 4.32. The maximum atomic E-state index is 10.5. The molecule has 0 radical (unpaired) electrons. The predicted octanol–water partition coefficient (Wildman–Crippen LogP) is 1.77. The van der Waals surface area contributed by atoms with E-state index in [0.29, 0.717) is 6.04 Å². The molecule has 1 atom stereocenters. The molecule has 1 saturated heterocycles. The molecule has 1 unspecified atom stereocenters. The Kier molecular flexibility index (Phi) is 2.71. The summed E-state index contributed by atoms with van der Waals surface area (Å²) in [6, 6.07) is 0.382. The van der Waals surface area contributed by atoms with Crippen LogP contribution in [-0.4, -0.2) is 17.8 Å². The first-order valence-electron chi connectivity index (χ1n) is 4.54. The van der Waals surface area contributed by atoms with Crippen LogP contribution in [0.2, 0.25) is 0 Å². The van der Waals surface area contributed by atoms with E-state index >= 15 is 0 Å². The van der Waals surface area contributed by atoms with Gasteiger partial charge in [-0.3, -0.25) is 4.79 Å². The van der Waals surface area contributed by atoms with E-state index < -0.39 is 0 Å². The molecule has 1 aromatic rings. The SMILES string of the molecule is O=Cc1cnc(C2CCCCN2)s1. The largest absolute Gasteiger partial charge is 0.308 e. The van der Waals surface area contributed by atoms with E-state index in [2.05, 4.69) is 10.3 Å². The minimum atomic E-state index is 0.382. The van der Waals surface area contributed by atoms with Gasteiger partial charge in [0.2, 0.25) is 0 Å². The van der Waals surface area contributed by atoms with Gasteiger partial charge in [0, 0.05) is 6.20 Å². The monoisotopic (exact) mass is 196 g/mol. The van der Waals surface area contributed by atoms with Gasteiger partial charge in [-0.2, -0.15) is 0 Å². The van der Waals surface area contributed by atoms with Gasteiger partial charge in [0.15, 0.2) is 6.29 Å². The maximum Gasteiger partial charge on any atom is 0.161 e. The fourth-order valence-corrected chi connectivity index (χ4v) is 2.42. The number of aromatic nitrogens is 1. The van der Waals surface area contributed by atoms with Gasteiger partial charge in [0.25, 0.3) is 0 Å². The second-order valence-electron chi connectivity index (χ2n) is 3.22. The standard InChI is InChI=1S/C9H12N2OS/c12-6-7-5-11-9(13-7)8-3-1-2-4-10-8/h5-6,8,10H,1-4H2. The predicted molar refractivity (Wildman–Crippen MR) is 52.1 cm³/mol. The number of piperidine rings is 1. The molecule has 1 aromatic heterocycles. The van der Waals surface area contributed by atoms with E-state index in [9.17, 15) is 4.79 Å². The molecule has 2 heterocycles. The average Bonchev–Trinajstić information content (AvgIpc) is 2.67. The normalized spacial score (nSPS) is 22.9. The Morgan fingerprint density at radius 1 is 1.62 bits per heavy atom. The van der Waals surface area contributed by atoms with E-state index in [4.69, 9.17) is 0 Å². The fourth-order valence-electron chi connectivity index (χ4n) is 1.58. The minimum Gasteiger partial charge on any atom is -0.308 e. The Morgan fingerprint density at radius 2 is 2.54 bits per heavy atom. The van der Waals surface area contributed by atoms with Crippen LogP contribution in [0.25, 0.3) is 0 Å². The van der Waals surface area contributed by atoms with Gasteiger partial charge in [-0.15, -0.1) is 11.3 Å². The van der Waals surface area contributed by atoms with Crippen LogP contribution in [0.5, 0.6) is 0 Å². The second kappa shape index (κ2) is 3.98. The average molecular weight is 196 g/mol. The highest BCUT2D eigenvalue weighted by Gasteiger charge is 2.17. The third-order valence-electron chi connectivity index (χ3n) is 2.27. The van der Waals surface area contributed by atoms with Gasteiger partial charge in [0.1, 0.15) is 5.01 Å². The van der Waals surface area contributed by atoms with Crippen molar-refractivity contribution >= 4 is 17.6 Å². The highest BCUT2D eigenvalue weighted by atomic mass is 32.1. The van der Waals surface area contributed by atoms with Crippen molar-refractivity contribution in [2.45, 2.75) is 25.3 Å². The van der Waals surface area contributed by atoms with Crippen LogP contribution in [-0.2, 0) is 0 Å². The Morgan fingerprint density at radius 3 is 3.15 bits per heavy atom. The number of carbonyl (C=O) groups is 1. The fraction of sp³-hybridized carbons (Fsp3) is 0.556. The van der Waals surface area contributed by atoms with Crippen molar-refractivity contribution in [1.29, 1.82) is 0 Å². The number of hydrogen-bond donors (Lipinski definition) is 1. The van der Waals surface area contributed by atoms with Crippen molar-refractivity contribution in [3.8, 4) is 0 Å². The topological polar surface area (TPSA) is 42.0 Å². The Balaban J connectivity index is 2.09. The molecule has 0 aliphatic carbocycles. The Hall–Kier alpha value is -0.740. The molecule has 70 valence electrons. The van der Waals surface area contributed by atoms with Gasteiger partial charge < -0.3 is 5.32 Å². The van der Waals surface area contributed by atoms with Crippen LogP contribution in [0.15, 0.2) is 6.20 Å². The molecular formula is C9H12N2OS. The lowest BCUT2D eigenvalue weighted by Crippen LogP contribution is -2.26. The third-order valence-corrected chi connectivity index (χ3v) is 3.30. The molecular weight excluding hydrogens is 184 g/mol. The van der Waals surface area contributed by atoms with Gasteiger partial charge >= 0.3 is 0 Å². The van der Waals surface area contributed by atoms with Crippen LogP contribution in [0.1, 0.15) is 40.0 Å². The summed E-state index contributed by atoms with van der Waals surface area (Å²) in [6.45, 7) is 1.07. The van der Waals surface area contributed by atoms with Crippen LogP contribution in [0.4, 0.5) is 0 Å². The zero-order chi connectivity index (χ0) is 9.10. The van der Waals surface area contributed by atoms with E-state index in [1.165, 1.54) is 24.2 Å². The van der Waals surface area contributed by atoms with Gasteiger partial charge in [-0.25, -0.2) is 4.98 Å². The van der Waals surface area contributed by atoms with E-state index in [1.807, 2.05) is 0 Å². The van der Waals surface area contributed by atoms with Crippen molar-refractivity contribution in [2.75, 3.05) is 6.54 Å². The van der Waals surface area contributed by atoms with Gasteiger partial charge in [-0.05, 0) is 19.4 Å². The quantitative estimate of drug-likeness (QED) is 0.733. The van der Waals surface area contributed by atoms with Crippen LogP contribution in [0, 0.1) is 0 Å². The highest BCUT2D eigenvalue weighted by Crippen LogP contribution is 2.25. The van der Waals surface area contributed by atoms with Crippen molar-refractivity contribution in [3.05, 3.63) is 16.1 Å². The number of carbonyl (C=O) groups excluding carboxylic acids is 1. The minimum absolute atomic E-state index is 0.382. The zero-order valence-corrected chi connectivity index (χ0v) is 8.14. The van der Waals surface area contributed by atoms with Crippen molar-refractivity contribution in [2.24, 2.45) is 0 Å². The Bertz CT molecular complexity index is 292. The van der Waals surface area contributed by atoms with Gasteiger partial charge in [-0.1, -0.05) is 6.42 Å². The summed E-state index contributed by atoms with van der Waals surface area (Å²) in [5.41, 5.74) is 0. The third kappa shape index (κ3) is 1.95. The molecule has 3 nitrogen and oxygen atoms in total. The lowest BCUT2D eigenvalue weighted by Gasteiger charge is -2.20. The molecule has 0 bridgehead atoms. The van der Waals surface area contributed by atoms with Crippen LogP contribution < -0.4 is 5.32 Å². The molecule has 4 heteroatoms. The van der Waals surface area contributed by atoms with Crippen molar-refractivity contribution < 1.29 is 4.79 Å². The zero-order valence-electron chi connectivity index (χ0n) is 7.32. The molecule has 1 aliphatic heterocycles. The first-order chi connectivity index (χ1) is 6.40. The first kappa shape index (κ1) is 8.84. The number of nitrogens with one attached hydrogen (secondary N) is 1. The summed E-state index contributed by atoms with van der Waals surface area (Å²) in [4.78, 5) is 15.4. The maximum absolute atomic E-state index is 10.5. The van der Waals surface area contributed by atoms with Crippen LogP contribution in [0.3, 0.4) is 0 Å². The van der Waals surface area contributed by atoms with Crippen molar-refractivity contribution in [3.63, 3.8) is 0 Å². The van der Waals surface area contributed by atoms with Crippen LogP contribution >= 0.6 is 11.3 Å². The summed E-state index contributed by atoms with van der Waals surface area (Å²) in [7, 11) is 0. The molecule has 2 rings (SSSR count). The molecule has 1 aliphatic rings. The number of aldehydes is 1. The van der Waals surface area contributed by atoms with E-state index in [-0.39, 0.29) is 0 Å². The summed E-state index contributed by atoms with van der Waals surface area (Å²) in [5.74, 6) is 0. The molecule has 0 spiro atoms. The lowest BCUT2D eigenvalue weighted by atomic mass is 10.1. The molecule has 0 amide bonds. The number of thiazole rings is 1. The molecule has 0 aromatic carbocycles. The highest BCUT2D eigenvalue weighted by molar-refractivity contribution is 7.13. The number of nitrogens with zero attached hydrogens (tertiary/aromatic N) is 1. The molecule has 1 N–H and O–H groups in total. The molecule has 0 saturated carbocycles. The first-order valence-corrected chi connectivity index (χ1v) is 5.36. The summed E-state index contributed by atoms with van der Waals surface area (Å²) < 4.78 is 0. The molecule has 13 heavy (non-hydrogen) atoms. The summed E-state index contributed by atoms with van der Waals surface area (Å²) >= 11 is 1.50. The smallest absolute Gasteiger partial charge is 0.161 e. The molecule has 1 fully saturated rings. The van der Waals surface area contributed by atoms with Crippen molar-refractivity contribution in [1.82, 2.24) is 10.3 Å². The lowest BCUT2D eigenvalue weighted by molar-refractivity contribution is 0.112. The number of rotatable bonds is 2. The number of hydrogen-bond acceptors (Lipinski definition) is 4. The van der Waals surface area contributed by atoms with E-state index in [1.54, 1.807) is 6.20 Å². The van der Waals surface area contributed by atoms with Gasteiger partial charge in [0.05, 0.1) is 10.9 Å².